The van der Waals surface area contributed by atoms with Crippen LogP contribution in [0.5, 0.6) is 11.5 Å². The summed E-state index contributed by atoms with van der Waals surface area (Å²) in [6.07, 6.45) is 0.851. The molecule has 0 radical (unpaired) electrons. The number of hydrogen-bond acceptors (Lipinski definition) is 4. The molecular weight excluding hydrogens is 244 g/mol. The van der Waals surface area contributed by atoms with Gasteiger partial charge in [-0.3, -0.25) is 4.79 Å². The largest absolute Gasteiger partial charge is 0.490 e. The van der Waals surface area contributed by atoms with Gasteiger partial charge in [0.1, 0.15) is 5.54 Å². The number of benzene rings is 1. The molecule has 1 aromatic rings. The van der Waals surface area contributed by atoms with Crippen molar-refractivity contribution in [1.82, 2.24) is 5.32 Å². The Morgan fingerprint density at radius 3 is 2.68 bits per heavy atom. The van der Waals surface area contributed by atoms with Crippen LogP contribution in [0.25, 0.3) is 0 Å². The van der Waals surface area contributed by atoms with Crippen LogP contribution >= 0.6 is 0 Å². The van der Waals surface area contributed by atoms with Crippen molar-refractivity contribution in [3.63, 3.8) is 0 Å². The van der Waals surface area contributed by atoms with Gasteiger partial charge in [0.25, 0.3) is 0 Å². The van der Waals surface area contributed by atoms with Crippen LogP contribution in [0.4, 0.5) is 0 Å². The Kier molecular flexibility index (Phi) is 3.95. The Morgan fingerprint density at radius 1 is 1.37 bits per heavy atom. The fourth-order valence-corrected chi connectivity index (χ4v) is 2.16. The van der Waals surface area contributed by atoms with Crippen molar-refractivity contribution in [2.75, 3.05) is 19.8 Å². The monoisotopic (exact) mass is 264 g/mol. The molecule has 0 bridgehead atoms. The molecule has 3 N–H and O–H groups in total. The Morgan fingerprint density at radius 2 is 2.05 bits per heavy atom. The van der Waals surface area contributed by atoms with Gasteiger partial charge < -0.3 is 20.5 Å². The minimum absolute atomic E-state index is 0.413. The van der Waals surface area contributed by atoms with Crippen LogP contribution in [0, 0.1) is 0 Å². The molecule has 0 saturated carbocycles. The second kappa shape index (κ2) is 5.48. The minimum atomic E-state index is -0.903. The molecule has 0 spiro atoms. The molecule has 1 atom stereocenters. The van der Waals surface area contributed by atoms with Gasteiger partial charge in [0.2, 0.25) is 5.91 Å². The number of primary amides is 1. The summed E-state index contributed by atoms with van der Waals surface area (Å²) in [5, 5.41) is 3.13. The van der Waals surface area contributed by atoms with E-state index in [1.807, 2.05) is 25.1 Å². The van der Waals surface area contributed by atoms with Crippen LogP contribution in [0.1, 0.15) is 25.8 Å². The third-order valence-electron chi connectivity index (χ3n) is 3.35. The summed E-state index contributed by atoms with van der Waals surface area (Å²) in [6.45, 7) is 5.62. The number of carbonyl (C=O) groups is 1. The van der Waals surface area contributed by atoms with E-state index in [1.165, 1.54) is 0 Å². The summed E-state index contributed by atoms with van der Waals surface area (Å²) < 4.78 is 11.2. The predicted octanol–water partition coefficient (Wildman–Crippen LogP) is 1.16. The second-order valence-electron chi connectivity index (χ2n) is 4.73. The number of rotatable bonds is 4. The maximum absolute atomic E-state index is 11.7. The lowest BCUT2D eigenvalue weighted by molar-refractivity contribution is -0.124. The molecule has 1 aliphatic heterocycles. The third-order valence-corrected chi connectivity index (χ3v) is 3.35. The SMILES string of the molecule is CCNC(C)(C(N)=O)c1ccc2c(c1)OCCCO2. The zero-order chi connectivity index (χ0) is 13.9. The van der Waals surface area contributed by atoms with E-state index >= 15 is 0 Å². The van der Waals surface area contributed by atoms with Gasteiger partial charge in [0.15, 0.2) is 11.5 Å². The standard InChI is InChI=1S/C14H20N2O3/c1-3-16-14(2,13(15)17)10-5-6-11-12(9-10)19-8-4-7-18-11/h5-6,9,16H,3-4,7-8H2,1-2H3,(H2,15,17). The van der Waals surface area contributed by atoms with Crippen LogP contribution in [-0.2, 0) is 10.3 Å². The van der Waals surface area contributed by atoms with Gasteiger partial charge in [-0.25, -0.2) is 0 Å². The van der Waals surface area contributed by atoms with Gasteiger partial charge in [0, 0.05) is 6.42 Å². The van der Waals surface area contributed by atoms with Crippen molar-refractivity contribution < 1.29 is 14.3 Å². The van der Waals surface area contributed by atoms with Crippen LogP contribution in [-0.4, -0.2) is 25.7 Å². The van der Waals surface area contributed by atoms with Gasteiger partial charge in [-0.15, -0.1) is 0 Å². The first-order chi connectivity index (χ1) is 9.08. The maximum Gasteiger partial charge on any atom is 0.242 e. The zero-order valence-electron chi connectivity index (χ0n) is 11.4. The van der Waals surface area contributed by atoms with Crippen molar-refractivity contribution >= 4 is 5.91 Å². The molecule has 104 valence electrons. The Hall–Kier alpha value is -1.75. The molecule has 0 aromatic heterocycles. The van der Waals surface area contributed by atoms with E-state index in [1.54, 1.807) is 6.92 Å². The van der Waals surface area contributed by atoms with Crippen LogP contribution in [0.15, 0.2) is 18.2 Å². The molecule has 5 heteroatoms. The highest BCUT2D eigenvalue weighted by molar-refractivity contribution is 5.86. The van der Waals surface area contributed by atoms with E-state index in [4.69, 9.17) is 15.2 Å². The maximum atomic E-state index is 11.7. The zero-order valence-corrected chi connectivity index (χ0v) is 11.4. The highest BCUT2D eigenvalue weighted by atomic mass is 16.5. The molecule has 1 heterocycles. The molecule has 0 aliphatic carbocycles. The van der Waals surface area contributed by atoms with Crippen LogP contribution < -0.4 is 20.5 Å². The molecule has 0 fully saturated rings. The summed E-state index contributed by atoms with van der Waals surface area (Å²) in [5.41, 5.74) is 5.40. The third kappa shape index (κ3) is 2.66. The summed E-state index contributed by atoms with van der Waals surface area (Å²) in [4.78, 5) is 11.7. The molecule has 1 aliphatic rings. The Labute approximate surface area is 113 Å². The van der Waals surface area contributed by atoms with Gasteiger partial charge in [-0.2, -0.15) is 0 Å². The molecule has 5 nitrogen and oxygen atoms in total. The van der Waals surface area contributed by atoms with Gasteiger partial charge in [0.05, 0.1) is 13.2 Å². The van der Waals surface area contributed by atoms with Gasteiger partial charge >= 0.3 is 0 Å². The van der Waals surface area contributed by atoms with Crippen LogP contribution in [0.3, 0.4) is 0 Å². The quantitative estimate of drug-likeness (QED) is 0.856. The highest BCUT2D eigenvalue weighted by Gasteiger charge is 2.33. The van der Waals surface area contributed by atoms with Crippen LogP contribution in [0.2, 0.25) is 0 Å². The molecule has 1 aromatic carbocycles. The van der Waals surface area contributed by atoms with E-state index in [-0.39, 0.29) is 0 Å². The fraction of sp³-hybridized carbons (Fsp3) is 0.500. The topological polar surface area (TPSA) is 73.6 Å². The van der Waals surface area contributed by atoms with Gasteiger partial charge in [-0.05, 0) is 31.2 Å². The first-order valence-electron chi connectivity index (χ1n) is 6.53. The minimum Gasteiger partial charge on any atom is -0.490 e. The van der Waals surface area contributed by atoms with E-state index in [0.29, 0.717) is 31.3 Å². The van der Waals surface area contributed by atoms with Crippen molar-refractivity contribution in [3.8, 4) is 11.5 Å². The predicted molar refractivity (Wildman–Crippen MR) is 72.3 cm³/mol. The Balaban J connectivity index is 2.39. The summed E-state index contributed by atoms with van der Waals surface area (Å²) in [5.74, 6) is 0.966. The van der Waals surface area contributed by atoms with E-state index in [9.17, 15) is 4.79 Å². The van der Waals surface area contributed by atoms with Crippen molar-refractivity contribution in [2.45, 2.75) is 25.8 Å². The van der Waals surface area contributed by atoms with E-state index in [0.717, 1.165) is 12.0 Å². The first-order valence-corrected chi connectivity index (χ1v) is 6.53. The summed E-state index contributed by atoms with van der Waals surface area (Å²) in [7, 11) is 0. The number of nitrogens with one attached hydrogen (secondary N) is 1. The number of likely N-dealkylation sites (N-methyl/N-ethyl adjacent to an activating group) is 1. The first kappa shape index (κ1) is 13.7. The van der Waals surface area contributed by atoms with Crippen molar-refractivity contribution in [2.24, 2.45) is 5.73 Å². The molecule has 2 rings (SSSR count). The number of carbonyl (C=O) groups excluding carboxylic acids is 1. The molecule has 1 amide bonds. The number of hydrogen-bond donors (Lipinski definition) is 2. The second-order valence-corrected chi connectivity index (χ2v) is 4.73. The molecular formula is C14H20N2O3. The number of nitrogens with two attached hydrogens (primary N) is 1. The fourth-order valence-electron chi connectivity index (χ4n) is 2.16. The van der Waals surface area contributed by atoms with Crippen molar-refractivity contribution in [3.05, 3.63) is 23.8 Å². The molecule has 1 unspecified atom stereocenters. The summed E-state index contributed by atoms with van der Waals surface area (Å²) in [6, 6.07) is 5.50. The van der Waals surface area contributed by atoms with Crippen molar-refractivity contribution in [1.29, 1.82) is 0 Å². The lowest BCUT2D eigenvalue weighted by Gasteiger charge is -2.28. The average molecular weight is 264 g/mol. The highest BCUT2D eigenvalue weighted by Crippen LogP contribution is 2.34. The lowest BCUT2D eigenvalue weighted by Crippen LogP contribution is -2.50. The molecule has 19 heavy (non-hydrogen) atoms. The normalized spacial score (nSPS) is 17.4. The van der Waals surface area contributed by atoms with E-state index in [2.05, 4.69) is 5.32 Å². The number of amides is 1. The average Bonchev–Trinajstić information content (AvgIpc) is 2.62. The number of ether oxygens (including phenoxy) is 2. The smallest absolute Gasteiger partial charge is 0.242 e. The lowest BCUT2D eigenvalue weighted by atomic mass is 9.91. The van der Waals surface area contributed by atoms with Gasteiger partial charge in [-0.1, -0.05) is 13.0 Å². The summed E-state index contributed by atoms with van der Waals surface area (Å²) >= 11 is 0. The molecule has 0 saturated heterocycles. The van der Waals surface area contributed by atoms with E-state index < -0.39 is 11.4 Å². The number of fused-ring (bicyclic) bond motifs is 1. The Bertz CT molecular complexity index is 476.